The Morgan fingerprint density at radius 3 is 2.21 bits per heavy atom. The highest BCUT2D eigenvalue weighted by Crippen LogP contribution is 2.47. The molecule has 34 heavy (non-hydrogen) atoms. The maximum Gasteiger partial charge on any atom is 0.229 e. The number of phenols is 2. The zero-order chi connectivity index (χ0) is 24.6. The normalized spacial score (nSPS) is 10.9. The van der Waals surface area contributed by atoms with E-state index in [1.54, 1.807) is 43.3 Å². The lowest BCUT2D eigenvalue weighted by atomic mass is 9.96. The van der Waals surface area contributed by atoms with Gasteiger partial charge >= 0.3 is 0 Å². The van der Waals surface area contributed by atoms with E-state index in [1.807, 2.05) is 0 Å². The molecule has 8 heteroatoms. The molecule has 0 spiro atoms. The Morgan fingerprint density at radius 2 is 1.56 bits per heavy atom. The van der Waals surface area contributed by atoms with E-state index < -0.39 is 17.3 Å². The number of fused-ring (bicyclic) bond motifs is 1. The number of rotatable bonds is 7. The summed E-state index contributed by atoms with van der Waals surface area (Å²) in [6, 6.07) is 11.4. The molecule has 0 fully saturated rings. The van der Waals surface area contributed by atoms with Gasteiger partial charge in [0, 0.05) is 28.1 Å². The van der Waals surface area contributed by atoms with Crippen LogP contribution < -0.4 is 18.9 Å². The number of methoxy groups -OCH3 is 4. The highest BCUT2D eigenvalue weighted by molar-refractivity contribution is 6.16. The Balaban J connectivity index is 1.99. The van der Waals surface area contributed by atoms with Crippen molar-refractivity contribution >= 4 is 16.8 Å². The third kappa shape index (κ3) is 3.63. The van der Waals surface area contributed by atoms with E-state index in [4.69, 9.17) is 23.4 Å². The van der Waals surface area contributed by atoms with Gasteiger partial charge in [0.1, 0.15) is 11.3 Å². The minimum atomic E-state index is -0.441. The zero-order valence-electron chi connectivity index (χ0n) is 19.4. The summed E-state index contributed by atoms with van der Waals surface area (Å²) < 4.78 is 27.1. The van der Waals surface area contributed by atoms with E-state index in [-0.39, 0.29) is 17.1 Å². The van der Waals surface area contributed by atoms with Crippen molar-refractivity contribution in [2.75, 3.05) is 28.4 Å². The fourth-order valence-electron chi connectivity index (χ4n) is 3.98. The van der Waals surface area contributed by atoms with Crippen molar-refractivity contribution in [2.24, 2.45) is 0 Å². The highest BCUT2D eigenvalue weighted by Gasteiger charge is 2.28. The molecule has 1 aromatic heterocycles. The summed E-state index contributed by atoms with van der Waals surface area (Å²) >= 11 is 0. The molecule has 0 atom stereocenters. The Bertz CT molecular complexity index is 1400. The van der Waals surface area contributed by atoms with Crippen molar-refractivity contribution in [3.8, 4) is 45.6 Å². The van der Waals surface area contributed by atoms with E-state index in [2.05, 4.69) is 0 Å². The number of carbonyl (C=O) groups excluding carboxylic acids is 1. The molecule has 0 bridgehead atoms. The Labute approximate surface area is 195 Å². The van der Waals surface area contributed by atoms with Crippen LogP contribution in [0.4, 0.5) is 0 Å². The Kier molecular flexibility index (Phi) is 5.98. The van der Waals surface area contributed by atoms with Crippen LogP contribution in [0.3, 0.4) is 0 Å². The fourth-order valence-corrected chi connectivity index (χ4v) is 3.98. The molecule has 0 saturated heterocycles. The molecule has 0 saturated carbocycles. The molecular weight excluding hydrogens is 440 g/mol. The molecule has 4 aromatic rings. The van der Waals surface area contributed by atoms with E-state index in [0.29, 0.717) is 44.9 Å². The average molecular weight is 464 g/mol. The number of ketones is 1. The molecule has 176 valence electrons. The second kappa shape index (κ2) is 8.90. The SMILES string of the molecule is COc1ccc2c(-c3ccc(OC)c(O)c3O)c(C(=O)c3cc(C)c(OC)c(OC)c3)oc2c1. The summed E-state index contributed by atoms with van der Waals surface area (Å²) in [7, 11) is 5.91. The van der Waals surface area contributed by atoms with Crippen LogP contribution in [0.5, 0.6) is 34.5 Å². The third-order valence-electron chi connectivity index (χ3n) is 5.63. The lowest BCUT2D eigenvalue weighted by Gasteiger charge is -2.13. The second-order valence-corrected chi connectivity index (χ2v) is 7.54. The molecule has 0 unspecified atom stereocenters. The van der Waals surface area contributed by atoms with Crippen LogP contribution in [-0.2, 0) is 0 Å². The largest absolute Gasteiger partial charge is 0.504 e. The van der Waals surface area contributed by atoms with Gasteiger partial charge in [-0.2, -0.15) is 0 Å². The third-order valence-corrected chi connectivity index (χ3v) is 5.63. The molecule has 3 aromatic carbocycles. The molecule has 0 radical (unpaired) electrons. The maximum absolute atomic E-state index is 13.7. The predicted molar refractivity (Wildman–Crippen MR) is 126 cm³/mol. The number of ether oxygens (including phenoxy) is 4. The topological polar surface area (TPSA) is 108 Å². The summed E-state index contributed by atoms with van der Waals surface area (Å²) in [5.41, 5.74) is 1.92. The first-order valence-corrected chi connectivity index (χ1v) is 10.3. The molecule has 0 aliphatic rings. The number of phenolic OH excluding ortho intramolecular Hbond substituents is 2. The molecule has 1 heterocycles. The van der Waals surface area contributed by atoms with Gasteiger partial charge in [-0.05, 0) is 48.9 Å². The molecule has 8 nitrogen and oxygen atoms in total. The van der Waals surface area contributed by atoms with Crippen LogP contribution in [-0.4, -0.2) is 44.4 Å². The van der Waals surface area contributed by atoms with Crippen molar-refractivity contribution in [3.05, 3.63) is 59.4 Å². The minimum absolute atomic E-state index is 0.0188. The smallest absolute Gasteiger partial charge is 0.229 e. The standard InChI is InChI=1S/C26H24O8/c1-13-10-14(11-20(32-4)25(13)33-5)22(27)26-21(16-7-6-15(30-2)12-19(16)34-26)17-8-9-18(31-3)24(29)23(17)28/h6-12,28-29H,1-5H3. The second-order valence-electron chi connectivity index (χ2n) is 7.54. The van der Waals surface area contributed by atoms with E-state index in [9.17, 15) is 15.0 Å². The number of hydrogen-bond donors (Lipinski definition) is 2. The minimum Gasteiger partial charge on any atom is -0.504 e. The zero-order valence-corrected chi connectivity index (χ0v) is 19.4. The number of hydrogen-bond acceptors (Lipinski definition) is 8. The molecule has 0 amide bonds. The van der Waals surface area contributed by atoms with Gasteiger partial charge in [0.25, 0.3) is 0 Å². The van der Waals surface area contributed by atoms with E-state index in [0.717, 1.165) is 0 Å². The van der Waals surface area contributed by atoms with Gasteiger partial charge in [-0.15, -0.1) is 0 Å². The number of aryl methyl sites for hydroxylation is 1. The monoisotopic (exact) mass is 464 g/mol. The lowest BCUT2D eigenvalue weighted by molar-refractivity contribution is 0.101. The Morgan fingerprint density at radius 1 is 0.824 bits per heavy atom. The maximum atomic E-state index is 13.7. The van der Waals surface area contributed by atoms with Crippen LogP contribution >= 0.6 is 0 Å². The van der Waals surface area contributed by atoms with Crippen LogP contribution in [0.1, 0.15) is 21.7 Å². The highest BCUT2D eigenvalue weighted by atomic mass is 16.5. The predicted octanol–water partition coefficient (Wildman–Crippen LogP) is 5.08. The van der Waals surface area contributed by atoms with Gasteiger partial charge < -0.3 is 33.6 Å². The first-order chi connectivity index (χ1) is 16.3. The molecule has 4 rings (SSSR count). The summed E-state index contributed by atoms with van der Waals surface area (Å²) in [6.45, 7) is 1.80. The number of benzene rings is 3. The summed E-state index contributed by atoms with van der Waals surface area (Å²) in [5.74, 6) is 0.216. The van der Waals surface area contributed by atoms with Crippen molar-refractivity contribution in [1.29, 1.82) is 0 Å². The van der Waals surface area contributed by atoms with Gasteiger partial charge in [-0.1, -0.05) is 0 Å². The van der Waals surface area contributed by atoms with E-state index >= 15 is 0 Å². The summed E-state index contributed by atoms with van der Waals surface area (Å²) in [6.07, 6.45) is 0. The first-order valence-electron chi connectivity index (χ1n) is 10.3. The lowest BCUT2D eigenvalue weighted by Crippen LogP contribution is -2.04. The molecule has 2 N–H and O–H groups in total. The van der Waals surface area contributed by atoms with Gasteiger partial charge in [-0.25, -0.2) is 0 Å². The molecule has 0 aliphatic carbocycles. The quantitative estimate of drug-likeness (QED) is 0.288. The Hall–Kier alpha value is -4.33. The molecule has 0 aliphatic heterocycles. The van der Waals surface area contributed by atoms with Crippen LogP contribution in [0.25, 0.3) is 22.1 Å². The first kappa shape index (κ1) is 22.8. The van der Waals surface area contributed by atoms with Gasteiger partial charge in [0.05, 0.1) is 28.4 Å². The number of carbonyl (C=O) groups is 1. The number of aromatic hydroxyl groups is 2. The van der Waals surface area contributed by atoms with Crippen LogP contribution in [0.15, 0.2) is 46.9 Å². The van der Waals surface area contributed by atoms with Crippen molar-refractivity contribution in [1.82, 2.24) is 0 Å². The summed E-state index contributed by atoms with van der Waals surface area (Å²) in [5, 5.41) is 21.7. The number of furan rings is 1. The fraction of sp³-hybridized carbons (Fsp3) is 0.192. The summed E-state index contributed by atoms with van der Waals surface area (Å²) in [4.78, 5) is 13.7. The van der Waals surface area contributed by atoms with Gasteiger partial charge in [-0.3, -0.25) is 4.79 Å². The van der Waals surface area contributed by atoms with Crippen LogP contribution in [0.2, 0.25) is 0 Å². The van der Waals surface area contributed by atoms with Crippen molar-refractivity contribution in [2.45, 2.75) is 6.92 Å². The van der Waals surface area contributed by atoms with Gasteiger partial charge in [0.2, 0.25) is 11.5 Å². The van der Waals surface area contributed by atoms with E-state index in [1.165, 1.54) is 34.5 Å². The average Bonchev–Trinajstić information content (AvgIpc) is 3.22. The van der Waals surface area contributed by atoms with Crippen LogP contribution in [0, 0.1) is 6.92 Å². The molecular formula is C26H24O8. The van der Waals surface area contributed by atoms with Crippen molar-refractivity contribution < 1.29 is 38.4 Å². The van der Waals surface area contributed by atoms with Gasteiger partial charge in [0.15, 0.2) is 28.8 Å². The van der Waals surface area contributed by atoms with Crippen molar-refractivity contribution in [3.63, 3.8) is 0 Å².